The normalized spacial score (nSPS) is 31.9. The summed E-state index contributed by atoms with van der Waals surface area (Å²) in [6, 6.07) is 0.00593. The van der Waals surface area contributed by atoms with Crippen LogP contribution in [-0.4, -0.2) is 42.8 Å². The molecular formula is C11H20N2O2. The van der Waals surface area contributed by atoms with Crippen molar-refractivity contribution in [3.63, 3.8) is 0 Å². The lowest BCUT2D eigenvalue weighted by Crippen LogP contribution is -2.37. The van der Waals surface area contributed by atoms with Crippen molar-refractivity contribution in [2.24, 2.45) is 5.92 Å². The Balaban J connectivity index is 1.86. The minimum atomic E-state index is 0.00593. The molecule has 2 unspecified atom stereocenters. The van der Waals surface area contributed by atoms with E-state index in [0.717, 1.165) is 26.0 Å². The summed E-state index contributed by atoms with van der Waals surface area (Å²) < 4.78 is 5.54. The molecule has 0 bridgehead atoms. The number of rotatable bonds is 3. The first kappa shape index (κ1) is 10.9. The Labute approximate surface area is 91.0 Å². The quantitative estimate of drug-likeness (QED) is 0.744. The molecule has 2 aliphatic rings. The highest BCUT2D eigenvalue weighted by atomic mass is 16.5. The van der Waals surface area contributed by atoms with Crippen LogP contribution in [0.5, 0.6) is 0 Å². The molecule has 0 spiro atoms. The van der Waals surface area contributed by atoms with Gasteiger partial charge in [0, 0.05) is 13.2 Å². The van der Waals surface area contributed by atoms with E-state index >= 15 is 0 Å². The smallest absolute Gasteiger partial charge is 0.241 e. The monoisotopic (exact) mass is 212 g/mol. The molecule has 86 valence electrons. The predicted molar refractivity (Wildman–Crippen MR) is 57.3 cm³/mol. The second kappa shape index (κ2) is 4.49. The van der Waals surface area contributed by atoms with Gasteiger partial charge in [0.1, 0.15) is 0 Å². The predicted octanol–water partition coefficient (Wildman–Crippen LogP) is 0.579. The molecule has 0 saturated carbocycles. The van der Waals surface area contributed by atoms with E-state index in [0.29, 0.717) is 12.6 Å². The van der Waals surface area contributed by atoms with Crippen LogP contribution in [0.4, 0.5) is 0 Å². The Morgan fingerprint density at radius 3 is 2.93 bits per heavy atom. The lowest BCUT2D eigenvalue weighted by molar-refractivity contribution is -0.130. The van der Waals surface area contributed by atoms with Crippen molar-refractivity contribution in [1.29, 1.82) is 0 Å². The maximum atomic E-state index is 11.9. The third kappa shape index (κ3) is 2.32. The van der Waals surface area contributed by atoms with Crippen LogP contribution in [0.2, 0.25) is 0 Å². The van der Waals surface area contributed by atoms with Crippen LogP contribution in [0.25, 0.3) is 0 Å². The largest absolute Gasteiger partial charge is 0.376 e. The van der Waals surface area contributed by atoms with Crippen LogP contribution < -0.4 is 5.32 Å². The Kier molecular flexibility index (Phi) is 3.26. The van der Waals surface area contributed by atoms with Gasteiger partial charge < -0.3 is 9.64 Å². The number of hydrogen-bond acceptors (Lipinski definition) is 3. The lowest BCUT2D eigenvalue weighted by Gasteiger charge is -2.20. The van der Waals surface area contributed by atoms with Crippen molar-refractivity contribution in [1.82, 2.24) is 10.2 Å². The summed E-state index contributed by atoms with van der Waals surface area (Å²) in [6.45, 7) is 6.45. The van der Waals surface area contributed by atoms with Gasteiger partial charge in [-0.15, -0.1) is 0 Å². The number of amides is 1. The summed E-state index contributed by atoms with van der Waals surface area (Å²) >= 11 is 0. The fraction of sp³-hybridized carbons (Fsp3) is 0.909. The average Bonchev–Trinajstić information content (AvgIpc) is 2.78. The van der Waals surface area contributed by atoms with Crippen LogP contribution in [-0.2, 0) is 9.53 Å². The van der Waals surface area contributed by atoms with Crippen molar-refractivity contribution in [2.75, 3.05) is 19.8 Å². The van der Waals surface area contributed by atoms with E-state index in [2.05, 4.69) is 19.2 Å². The maximum absolute atomic E-state index is 11.9. The van der Waals surface area contributed by atoms with Crippen molar-refractivity contribution in [3.8, 4) is 0 Å². The van der Waals surface area contributed by atoms with E-state index in [9.17, 15) is 4.79 Å². The lowest BCUT2D eigenvalue weighted by atomic mass is 10.0. The van der Waals surface area contributed by atoms with Gasteiger partial charge in [0.2, 0.25) is 5.91 Å². The van der Waals surface area contributed by atoms with E-state index in [1.165, 1.54) is 0 Å². The molecular weight excluding hydrogens is 192 g/mol. The third-order valence-electron chi connectivity index (χ3n) is 3.19. The van der Waals surface area contributed by atoms with E-state index in [4.69, 9.17) is 4.74 Å². The Morgan fingerprint density at radius 2 is 2.40 bits per heavy atom. The fourth-order valence-electron chi connectivity index (χ4n) is 2.28. The molecule has 1 N–H and O–H groups in total. The van der Waals surface area contributed by atoms with E-state index in [-0.39, 0.29) is 18.1 Å². The molecule has 2 heterocycles. The molecule has 15 heavy (non-hydrogen) atoms. The number of hydrogen-bond donors (Lipinski definition) is 1. The van der Waals surface area contributed by atoms with Gasteiger partial charge in [0.15, 0.2) is 0 Å². The zero-order valence-corrected chi connectivity index (χ0v) is 9.53. The molecule has 0 aliphatic carbocycles. The number of carbonyl (C=O) groups excluding carboxylic acids is 1. The standard InChI is InChI=1S/C11H20N2O2/c1-8(2)10-11(14)13(7-12-10)6-9-4-3-5-15-9/h8-10,12H,3-7H2,1-2H3. The molecule has 2 rings (SSSR count). The minimum absolute atomic E-state index is 0.00593. The molecule has 2 atom stereocenters. The van der Waals surface area contributed by atoms with Crippen LogP contribution in [0.15, 0.2) is 0 Å². The average molecular weight is 212 g/mol. The number of ether oxygens (including phenoxy) is 1. The van der Waals surface area contributed by atoms with Crippen molar-refractivity contribution in [2.45, 2.75) is 38.8 Å². The minimum Gasteiger partial charge on any atom is -0.376 e. The Morgan fingerprint density at radius 1 is 1.60 bits per heavy atom. The number of carbonyl (C=O) groups is 1. The molecule has 0 aromatic rings. The van der Waals surface area contributed by atoms with Gasteiger partial charge in [0.05, 0.1) is 18.8 Å². The molecule has 2 fully saturated rings. The first-order valence-corrected chi connectivity index (χ1v) is 5.82. The summed E-state index contributed by atoms with van der Waals surface area (Å²) in [5.74, 6) is 0.604. The Bertz CT molecular complexity index is 237. The van der Waals surface area contributed by atoms with Crippen LogP contribution in [0, 0.1) is 5.92 Å². The zero-order valence-electron chi connectivity index (χ0n) is 9.53. The molecule has 1 amide bonds. The number of nitrogens with zero attached hydrogens (tertiary/aromatic N) is 1. The van der Waals surface area contributed by atoms with E-state index < -0.39 is 0 Å². The van der Waals surface area contributed by atoms with Gasteiger partial charge in [-0.2, -0.15) is 0 Å². The van der Waals surface area contributed by atoms with Crippen LogP contribution in [0.3, 0.4) is 0 Å². The van der Waals surface area contributed by atoms with Gasteiger partial charge in [0.25, 0.3) is 0 Å². The van der Waals surface area contributed by atoms with Gasteiger partial charge in [-0.25, -0.2) is 0 Å². The fourth-order valence-corrected chi connectivity index (χ4v) is 2.28. The van der Waals surface area contributed by atoms with Gasteiger partial charge >= 0.3 is 0 Å². The molecule has 2 saturated heterocycles. The van der Waals surface area contributed by atoms with Gasteiger partial charge in [-0.1, -0.05) is 13.8 Å². The molecule has 0 aromatic carbocycles. The highest BCUT2D eigenvalue weighted by Crippen LogP contribution is 2.17. The highest BCUT2D eigenvalue weighted by molar-refractivity contribution is 5.84. The van der Waals surface area contributed by atoms with Gasteiger partial charge in [-0.05, 0) is 18.8 Å². The number of nitrogens with one attached hydrogen (secondary N) is 1. The second-order valence-corrected chi connectivity index (χ2v) is 4.78. The summed E-state index contributed by atoms with van der Waals surface area (Å²) in [4.78, 5) is 13.8. The van der Waals surface area contributed by atoms with Gasteiger partial charge in [-0.3, -0.25) is 10.1 Å². The summed E-state index contributed by atoms with van der Waals surface area (Å²) in [6.07, 6.45) is 2.49. The van der Waals surface area contributed by atoms with Crippen LogP contribution in [0.1, 0.15) is 26.7 Å². The third-order valence-corrected chi connectivity index (χ3v) is 3.19. The first-order chi connectivity index (χ1) is 7.18. The Hall–Kier alpha value is -0.610. The van der Waals surface area contributed by atoms with Crippen molar-refractivity contribution in [3.05, 3.63) is 0 Å². The summed E-state index contributed by atoms with van der Waals surface area (Å²) in [5.41, 5.74) is 0. The SMILES string of the molecule is CC(C)C1NCN(CC2CCCO2)C1=O. The topological polar surface area (TPSA) is 41.6 Å². The maximum Gasteiger partial charge on any atom is 0.241 e. The molecule has 2 aliphatic heterocycles. The second-order valence-electron chi connectivity index (χ2n) is 4.78. The highest BCUT2D eigenvalue weighted by Gasteiger charge is 2.34. The van der Waals surface area contributed by atoms with E-state index in [1.54, 1.807) is 0 Å². The van der Waals surface area contributed by atoms with E-state index in [1.807, 2.05) is 4.90 Å². The molecule has 0 aromatic heterocycles. The molecule has 0 radical (unpaired) electrons. The molecule has 4 heteroatoms. The van der Waals surface area contributed by atoms with Crippen LogP contribution >= 0.6 is 0 Å². The first-order valence-electron chi connectivity index (χ1n) is 5.82. The summed E-state index contributed by atoms with van der Waals surface area (Å²) in [5, 5.41) is 3.25. The molecule has 4 nitrogen and oxygen atoms in total. The van der Waals surface area contributed by atoms with Crippen molar-refractivity contribution < 1.29 is 9.53 Å². The zero-order chi connectivity index (χ0) is 10.8. The van der Waals surface area contributed by atoms with Crippen molar-refractivity contribution >= 4 is 5.91 Å². The summed E-state index contributed by atoms with van der Waals surface area (Å²) in [7, 11) is 0.